The molecule has 126 valence electrons. The molecule has 25 heavy (non-hydrogen) atoms. The van der Waals surface area contributed by atoms with Crippen LogP contribution in [0.1, 0.15) is 15.2 Å². The summed E-state index contributed by atoms with van der Waals surface area (Å²) in [4.78, 5) is 16.2. The van der Waals surface area contributed by atoms with Crippen LogP contribution < -0.4 is 10.1 Å². The van der Waals surface area contributed by atoms with Crippen molar-refractivity contribution >= 4 is 40.4 Å². The highest BCUT2D eigenvalue weighted by molar-refractivity contribution is 7.17. The highest BCUT2D eigenvalue weighted by atomic mass is 35.5. The van der Waals surface area contributed by atoms with Crippen molar-refractivity contribution in [2.75, 3.05) is 11.9 Å². The lowest BCUT2D eigenvalue weighted by Crippen LogP contribution is -2.00. The van der Waals surface area contributed by atoms with Crippen molar-refractivity contribution < 1.29 is 14.6 Å². The van der Waals surface area contributed by atoms with E-state index in [2.05, 4.69) is 10.3 Å². The summed E-state index contributed by atoms with van der Waals surface area (Å²) in [6.07, 6.45) is 0.852. The first-order valence-corrected chi connectivity index (χ1v) is 8.83. The Kier molecular flexibility index (Phi) is 4.07. The average Bonchev–Trinajstić information content (AvgIpc) is 3.23. The number of halogens is 1. The first-order valence-electron chi connectivity index (χ1n) is 7.63. The van der Waals surface area contributed by atoms with Gasteiger partial charge in [0, 0.05) is 12.0 Å². The number of hydrogen-bond acceptors (Lipinski definition) is 5. The van der Waals surface area contributed by atoms with E-state index in [4.69, 9.17) is 16.3 Å². The quantitative estimate of drug-likeness (QED) is 0.685. The fourth-order valence-corrected chi connectivity index (χ4v) is 3.72. The molecular weight excluding hydrogens is 360 g/mol. The Morgan fingerprint density at radius 1 is 1.28 bits per heavy atom. The van der Waals surface area contributed by atoms with Gasteiger partial charge in [0.05, 0.1) is 17.3 Å². The summed E-state index contributed by atoms with van der Waals surface area (Å²) in [5, 5.41) is 13.7. The monoisotopic (exact) mass is 372 g/mol. The topological polar surface area (TPSA) is 71.5 Å². The van der Waals surface area contributed by atoms with Gasteiger partial charge < -0.3 is 15.2 Å². The fraction of sp³-hybridized carbons (Fsp3) is 0.111. The molecule has 0 saturated carbocycles. The molecule has 2 heterocycles. The predicted molar refractivity (Wildman–Crippen MR) is 98.4 cm³/mol. The van der Waals surface area contributed by atoms with E-state index >= 15 is 0 Å². The summed E-state index contributed by atoms with van der Waals surface area (Å²) >= 11 is 7.28. The lowest BCUT2D eigenvalue weighted by molar-refractivity contribution is 0.0703. The molecule has 2 aromatic carbocycles. The van der Waals surface area contributed by atoms with Gasteiger partial charge >= 0.3 is 5.97 Å². The van der Waals surface area contributed by atoms with Crippen molar-refractivity contribution in [3.05, 3.63) is 57.9 Å². The highest BCUT2D eigenvalue weighted by Gasteiger charge is 2.20. The van der Waals surface area contributed by atoms with Gasteiger partial charge in [-0.15, -0.1) is 11.3 Å². The number of benzene rings is 2. The van der Waals surface area contributed by atoms with Crippen molar-refractivity contribution in [1.82, 2.24) is 4.98 Å². The Balaban J connectivity index is 1.73. The zero-order chi connectivity index (χ0) is 17.4. The maximum atomic E-state index is 11.6. The number of para-hydroxylation sites is 1. The molecule has 1 aromatic heterocycles. The van der Waals surface area contributed by atoms with Gasteiger partial charge in [0.1, 0.15) is 10.8 Å². The molecule has 7 heteroatoms. The third-order valence-electron chi connectivity index (χ3n) is 3.88. The minimum Gasteiger partial charge on any atom is -0.493 e. The number of anilines is 2. The number of fused-ring (bicyclic) bond motifs is 1. The normalized spacial score (nSPS) is 12.5. The van der Waals surface area contributed by atoms with Crippen LogP contribution in [0, 0.1) is 0 Å². The molecule has 0 amide bonds. The lowest BCUT2D eigenvalue weighted by Gasteiger charge is -2.06. The molecule has 0 unspecified atom stereocenters. The molecule has 5 nitrogen and oxygen atoms in total. The Bertz CT molecular complexity index is 971. The second-order valence-corrected chi connectivity index (χ2v) is 6.93. The minimum absolute atomic E-state index is 0.145. The number of ether oxygens (including phenoxy) is 1. The summed E-state index contributed by atoms with van der Waals surface area (Å²) in [6, 6.07) is 13.0. The van der Waals surface area contributed by atoms with E-state index in [1.165, 1.54) is 0 Å². The van der Waals surface area contributed by atoms with Crippen molar-refractivity contribution in [3.63, 3.8) is 0 Å². The number of thiazole rings is 1. The molecule has 0 bridgehead atoms. The molecule has 0 fully saturated rings. The number of aromatic carboxylic acids is 1. The van der Waals surface area contributed by atoms with Crippen LogP contribution >= 0.6 is 22.9 Å². The van der Waals surface area contributed by atoms with Gasteiger partial charge in [-0.3, -0.25) is 0 Å². The van der Waals surface area contributed by atoms with Gasteiger partial charge in [0.25, 0.3) is 0 Å². The zero-order valence-electron chi connectivity index (χ0n) is 13.0. The molecule has 0 atom stereocenters. The van der Waals surface area contributed by atoms with E-state index in [0.29, 0.717) is 22.3 Å². The van der Waals surface area contributed by atoms with Crippen LogP contribution in [0.5, 0.6) is 5.75 Å². The van der Waals surface area contributed by atoms with Crippen molar-refractivity contribution in [2.24, 2.45) is 0 Å². The molecule has 0 radical (unpaired) electrons. The number of nitrogens with zero attached hydrogens (tertiary/aromatic N) is 1. The minimum atomic E-state index is -1.03. The Labute approximate surface area is 152 Å². The van der Waals surface area contributed by atoms with Crippen LogP contribution in [0.15, 0.2) is 42.5 Å². The van der Waals surface area contributed by atoms with E-state index in [9.17, 15) is 9.90 Å². The molecular formula is C18H13ClN2O3S. The van der Waals surface area contributed by atoms with Gasteiger partial charge in [-0.2, -0.15) is 0 Å². The SMILES string of the molecule is O=C(O)c1sc(-c2ccc3c(c2)CCO3)nc1Nc1ccccc1Cl. The van der Waals surface area contributed by atoms with Crippen LogP contribution in [-0.4, -0.2) is 22.7 Å². The molecule has 1 aliphatic heterocycles. The van der Waals surface area contributed by atoms with Crippen LogP contribution in [0.2, 0.25) is 5.02 Å². The van der Waals surface area contributed by atoms with Crippen LogP contribution in [-0.2, 0) is 6.42 Å². The molecule has 4 rings (SSSR count). The van der Waals surface area contributed by atoms with Crippen molar-refractivity contribution in [1.29, 1.82) is 0 Å². The second-order valence-electron chi connectivity index (χ2n) is 5.53. The number of carbonyl (C=O) groups is 1. The Morgan fingerprint density at radius 3 is 2.92 bits per heavy atom. The van der Waals surface area contributed by atoms with Gasteiger partial charge in [-0.05, 0) is 35.9 Å². The number of aromatic nitrogens is 1. The van der Waals surface area contributed by atoms with E-state index in [0.717, 1.165) is 34.6 Å². The number of nitrogens with one attached hydrogen (secondary N) is 1. The fourth-order valence-electron chi connectivity index (χ4n) is 2.68. The van der Waals surface area contributed by atoms with Gasteiger partial charge in [-0.1, -0.05) is 23.7 Å². The summed E-state index contributed by atoms with van der Waals surface area (Å²) in [7, 11) is 0. The average molecular weight is 373 g/mol. The zero-order valence-corrected chi connectivity index (χ0v) is 14.5. The summed E-state index contributed by atoms with van der Waals surface area (Å²) in [5.41, 5.74) is 2.61. The molecule has 0 saturated heterocycles. The third kappa shape index (κ3) is 3.06. The molecule has 1 aliphatic rings. The smallest absolute Gasteiger partial charge is 0.349 e. The van der Waals surface area contributed by atoms with Crippen LogP contribution in [0.4, 0.5) is 11.5 Å². The first-order chi connectivity index (χ1) is 12.1. The number of carboxylic acids is 1. The lowest BCUT2D eigenvalue weighted by atomic mass is 10.1. The number of hydrogen-bond donors (Lipinski definition) is 2. The maximum Gasteiger partial charge on any atom is 0.349 e. The Hall–Kier alpha value is -2.57. The second kappa shape index (κ2) is 6.38. The summed E-state index contributed by atoms with van der Waals surface area (Å²) < 4.78 is 5.51. The highest BCUT2D eigenvalue weighted by Crippen LogP contribution is 2.36. The van der Waals surface area contributed by atoms with Crippen LogP contribution in [0.25, 0.3) is 10.6 Å². The van der Waals surface area contributed by atoms with Crippen LogP contribution in [0.3, 0.4) is 0 Å². The Morgan fingerprint density at radius 2 is 2.12 bits per heavy atom. The number of rotatable bonds is 4. The molecule has 0 aliphatic carbocycles. The van der Waals surface area contributed by atoms with E-state index in [1.807, 2.05) is 30.3 Å². The first kappa shape index (κ1) is 15.9. The third-order valence-corrected chi connectivity index (χ3v) is 5.31. The molecule has 0 spiro atoms. The molecule has 2 N–H and O–H groups in total. The van der Waals surface area contributed by atoms with E-state index in [1.54, 1.807) is 12.1 Å². The predicted octanol–water partition coefficient (Wildman–Crippen LogP) is 4.84. The maximum absolute atomic E-state index is 11.6. The molecule has 3 aromatic rings. The van der Waals surface area contributed by atoms with E-state index < -0.39 is 5.97 Å². The van der Waals surface area contributed by atoms with E-state index in [-0.39, 0.29) is 10.7 Å². The standard InChI is InChI=1S/C18H13ClN2O3S/c19-12-3-1-2-4-13(12)20-16-15(18(22)23)25-17(21-16)11-5-6-14-10(9-11)7-8-24-14/h1-6,9,20H,7-8H2,(H,22,23). The van der Waals surface area contributed by atoms with Crippen molar-refractivity contribution in [3.8, 4) is 16.3 Å². The largest absolute Gasteiger partial charge is 0.493 e. The summed E-state index contributed by atoms with van der Waals surface area (Å²) in [5.74, 6) is 0.147. The van der Waals surface area contributed by atoms with Crippen molar-refractivity contribution in [2.45, 2.75) is 6.42 Å². The number of carboxylic acid groups (broad SMARTS) is 1. The van der Waals surface area contributed by atoms with Gasteiger partial charge in [-0.25, -0.2) is 9.78 Å². The van der Waals surface area contributed by atoms with Gasteiger partial charge in [0.15, 0.2) is 10.7 Å². The van der Waals surface area contributed by atoms with Gasteiger partial charge in [0.2, 0.25) is 0 Å². The summed E-state index contributed by atoms with van der Waals surface area (Å²) in [6.45, 7) is 0.677.